The zero-order valence-corrected chi connectivity index (χ0v) is 31.9. The number of unbranched alkanes of at least 4 members (excludes halogenated alkanes) is 18. The van der Waals surface area contributed by atoms with Gasteiger partial charge < -0.3 is 14.6 Å². The van der Waals surface area contributed by atoms with Crippen LogP contribution in [0.2, 0.25) is 0 Å². The van der Waals surface area contributed by atoms with E-state index in [1.165, 1.54) is 96.3 Å². The van der Waals surface area contributed by atoms with Crippen LogP contribution in [-0.2, 0) is 19.1 Å². The molecule has 1 N–H and O–H groups in total. The maximum Gasteiger partial charge on any atom is 0.306 e. The Morgan fingerprint density at radius 3 is 1.31 bits per heavy atom. The summed E-state index contributed by atoms with van der Waals surface area (Å²) in [7, 11) is 0. The number of carbonyl (C=O) groups excluding carboxylic acids is 2. The SMILES string of the molecule is CC/C=C/C/C=C/C/C=C/C/C=C/C/C=C/CCCC(=O)O[C@@H](CO)COC(=O)CCCCCCCCCCCCCCCCCCCC. The normalized spacial score (nSPS) is 12.8. The first-order valence-corrected chi connectivity index (χ1v) is 20.3. The molecule has 5 nitrogen and oxygen atoms in total. The third kappa shape index (κ3) is 38.3. The molecule has 0 spiro atoms. The Morgan fingerprint density at radius 2 is 0.878 bits per heavy atom. The van der Waals surface area contributed by atoms with E-state index < -0.39 is 6.10 Å². The standard InChI is InChI=1S/C44H76O5/c1-3-5-7-9-11-13-15-17-19-21-23-24-26-28-30-32-34-36-38-43(46)48-41-42(40-45)49-44(47)39-37-35-33-31-29-27-25-22-20-18-16-14-12-10-8-6-4-2/h6,8,12,14,18,20,25,27,31,33,42,45H,3-5,7,9-11,13,15-17,19,21-24,26,28-30,32,34-41H2,1-2H3/b8-6+,14-12+,20-18+,27-25+,33-31+/t42-/m0/s1. The van der Waals surface area contributed by atoms with Crippen LogP contribution in [0.4, 0.5) is 0 Å². The largest absolute Gasteiger partial charge is 0.462 e. The fourth-order valence-electron chi connectivity index (χ4n) is 5.53. The molecular formula is C44H76O5. The summed E-state index contributed by atoms with van der Waals surface area (Å²) in [6.07, 6.45) is 51.5. The number of allylic oxidation sites excluding steroid dienone is 10. The van der Waals surface area contributed by atoms with E-state index in [0.29, 0.717) is 12.8 Å². The maximum atomic E-state index is 12.1. The lowest BCUT2D eigenvalue weighted by Crippen LogP contribution is -2.28. The first-order valence-electron chi connectivity index (χ1n) is 20.3. The van der Waals surface area contributed by atoms with Gasteiger partial charge in [0, 0.05) is 12.8 Å². The van der Waals surface area contributed by atoms with Crippen molar-refractivity contribution in [3.05, 3.63) is 60.8 Å². The van der Waals surface area contributed by atoms with Gasteiger partial charge in [-0.15, -0.1) is 0 Å². The molecule has 0 saturated heterocycles. The first-order chi connectivity index (χ1) is 24.1. The van der Waals surface area contributed by atoms with Gasteiger partial charge in [0.15, 0.2) is 6.10 Å². The Morgan fingerprint density at radius 1 is 0.490 bits per heavy atom. The molecule has 0 radical (unpaired) electrons. The van der Waals surface area contributed by atoms with Gasteiger partial charge >= 0.3 is 11.9 Å². The van der Waals surface area contributed by atoms with Crippen molar-refractivity contribution in [1.29, 1.82) is 0 Å². The molecule has 0 heterocycles. The second-order valence-corrected chi connectivity index (χ2v) is 13.3. The number of carbonyl (C=O) groups is 2. The molecule has 0 aromatic heterocycles. The molecular weight excluding hydrogens is 608 g/mol. The average Bonchev–Trinajstić information content (AvgIpc) is 3.10. The van der Waals surface area contributed by atoms with Crippen molar-refractivity contribution in [2.24, 2.45) is 0 Å². The monoisotopic (exact) mass is 685 g/mol. The fraction of sp³-hybridized carbons (Fsp3) is 0.727. The second kappa shape index (κ2) is 40.0. The van der Waals surface area contributed by atoms with Crippen molar-refractivity contribution in [1.82, 2.24) is 0 Å². The molecule has 0 aromatic carbocycles. The highest BCUT2D eigenvalue weighted by Crippen LogP contribution is 2.15. The summed E-state index contributed by atoms with van der Waals surface area (Å²) in [6, 6.07) is 0. The van der Waals surface area contributed by atoms with Gasteiger partial charge in [-0.2, -0.15) is 0 Å². The number of hydrogen-bond acceptors (Lipinski definition) is 5. The summed E-state index contributed by atoms with van der Waals surface area (Å²) in [5, 5.41) is 9.55. The number of hydrogen-bond donors (Lipinski definition) is 1. The molecule has 0 aliphatic heterocycles. The van der Waals surface area contributed by atoms with Crippen molar-refractivity contribution in [2.45, 2.75) is 193 Å². The summed E-state index contributed by atoms with van der Waals surface area (Å²) in [4.78, 5) is 24.3. The van der Waals surface area contributed by atoms with E-state index in [-0.39, 0.29) is 31.6 Å². The van der Waals surface area contributed by atoms with Gasteiger partial charge in [-0.25, -0.2) is 0 Å². The summed E-state index contributed by atoms with van der Waals surface area (Å²) in [6.45, 7) is 3.98. The lowest BCUT2D eigenvalue weighted by molar-refractivity contribution is -0.161. The van der Waals surface area contributed by atoms with Crippen molar-refractivity contribution in [2.75, 3.05) is 13.2 Å². The number of aliphatic hydroxyl groups excluding tert-OH is 1. The molecule has 1 atom stereocenters. The smallest absolute Gasteiger partial charge is 0.306 e. The Labute approximate surface area is 302 Å². The molecule has 0 amide bonds. The van der Waals surface area contributed by atoms with Crippen LogP contribution in [0.25, 0.3) is 0 Å². The molecule has 49 heavy (non-hydrogen) atoms. The fourth-order valence-corrected chi connectivity index (χ4v) is 5.53. The summed E-state index contributed by atoms with van der Waals surface area (Å²) in [5.74, 6) is -0.657. The van der Waals surface area contributed by atoms with Crippen LogP contribution in [0.5, 0.6) is 0 Å². The quantitative estimate of drug-likeness (QED) is 0.0404. The molecule has 5 heteroatoms. The van der Waals surface area contributed by atoms with Crippen LogP contribution < -0.4 is 0 Å². The lowest BCUT2D eigenvalue weighted by Gasteiger charge is -2.15. The molecule has 0 aliphatic carbocycles. The van der Waals surface area contributed by atoms with E-state index >= 15 is 0 Å². The Hall–Kier alpha value is -2.40. The zero-order valence-electron chi connectivity index (χ0n) is 31.9. The molecule has 0 unspecified atom stereocenters. The van der Waals surface area contributed by atoms with Gasteiger partial charge in [0.25, 0.3) is 0 Å². The van der Waals surface area contributed by atoms with Crippen LogP contribution >= 0.6 is 0 Å². The summed E-state index contributed by atoms with van der Waals surface area (Å²) >= 11 is 0. The van der Waals surface area contributed by atoms with Gasteiger partial charge in [-0.05, 0) is 51.4 Å². The molecule has 0 bridgehead atoms. The van der Waals surface area contributed by atoms with Gasteiger partial charge in [-0.1, -0.05) is 184 Å². The van der Waals surface area contributed by atoms with Gasteiger partial charge in [-0.3, -0.25) is 9.59 Å². The van der Waals surface area contributed by atoms with E-state index in [9.17, 15) is 14.7 Å². The average molecular weight is 685 g/mol. The van der Waals surface area contributed by atoms with Gasteiger partial charge in [0.2, 0.25) is 0 Å². The molecule has 0 fully saturated rings. The molecule has 282 valence electrons. The number of aliphatic hydroxyl groups is 1. The maximum absolute atomic E-state index is 12.1. The van der Waals surface area contributed by atoms with Crippen molar-refractivity contribution in [3.63, 3.8) is 0 Å². The van der Waals surface area contributed by atoms with Gasteiger partial charge in [0.1, 0.15) is 6.61 Å². The summed E-state index contributed by atoms with van der Waals surface area (Å²) in [5.41, 5.74) is 0. The van der Waals surface area contributed by atoms with Crippen LogP contribution in [0, 0.1) is 0 Å². The Balaban J connectivity index is 3.63. The van der Waals surface area contributed by atoms with Crippen LogP contribution in [-0.4, -0.2) is 36.4 Å². The highest BCUT2D eigenvalue weighted by atomic mass is 16.6. The van der Waals surface area contributed by atoms with E-state index in [1.54, 1.807) is 0 Å². The van der Waals surface area contributed by atoms with E-state index in [0.717, 1.165) is 57.8 Å². The predicted octanol–water partition coefficient (Wildman–Crippen LogP) is 12.8. The summed E-state index contributed by atoms with van der Waals surface area (Å²) < 4.78 is 10.6. The molecule has 0 aromatic rings. The molecule has 0 rings (SSSR count). The second-order valence-electron chi connectivity index (χ2n) is 13.3. The number of esters is 2. The van der Waals surface area contributed by atoms with E-state index in [4.69, 9.17) is 9.47 Å². The predicted molar refractivity (Wildman–Crippen MR) is 210 cm³/mol. The topological polar surface area (TPSA) is 72.8 Å². The molecule has 0 saturated carbocycles. The highest BCUT2D eigenvalue weighted by molar-refractivity contribution is 5.70. The first kappa shape index (κ1) is 46.6. The van der Waals surface area contributed by atoms with Crippen LogP contribution in [0.1, 0.15) is 187 Å². The van der Waals surface area contributed by atoms with Crippen LogP contribution in [0.3, 0.4) is 0 Å². The Bertz CT molecular complexity index is 869. The lowest BCUT2D eigenvalue weighted by atomic mass is 10.0. The van der Waals surface area contributed by atoms with Crippen molar-refractivity contribution >= 4 is 11.9 Å². The molecule has 0 aliphatic rings. The number of rotatable bonds is 36. The minimum absolute atomic E-state index is 0.0884. The third-order valence-electron chi connectivity index (χ3n) is 8.58. The zero-order chi connectivity index (χ0) is 35.7. The van der Waals surface area contributed by atoms with Gasteiger partial charge in [0.05, 0.1) is 6.61 Å². The number of ether oxygens (including phenoxy) is 2. The minimum atomic E-state index is -0.800. The van der Waals surface area contributed by atoms with Crippen molar-refractivity contribution < 1.29 is 24.2 Å². The third-order valence-corrected chi connectivity index (χ3v) is 8.58. The Kier molecular flexibility index (Phi) is 38.1. The minimum Gasteiger partial charge on any atom is -0.462 e. The van der Waals surface area contributed by atoms with Crippen molar-refractivity contribution in [3.8, 4) is 0 Å². The highest BCUT2D eigenvalue weighted by Gasteiger charge is 2.15. The van der Waals surface area contributed by atoms with E-state index in [2.05, 4.69) is 74.6 Å². The van der Waals surface area contributed by atoms with E-state index in [1.807, 2.05) is 0 Å². The van der Waals surface area contributed by atoms with Crippen LogP contribution in [0.15, 0.2) is 60.8 Å².